The molecule has 2 rings (SSSR count). The second-order valence-corrected chi connectivity index (χ2v) is 5.38. The number of nitrogens with two attached hydrogens (primary N) is 1. The van der Waals surface area contributed by atoms with Gasteiger partial charge in [0.15, 0.2) is 5.78 Å². The minimum Gasteiger partial charge on any atom is -0.431 e. The highest BCUT2D eigenvalue weighted by atomic mass is 16.7. The predicted molar refractivity (Wildman–Crippen MR) is 87.6 cm³/mol. The van der Waals surface area contributed by atoms with Gasteiger partial charge in [-0.2, -0.15) is 0 Å². The third kappa shape index (κ3) is 5.14. The minimum atomic E-state index is -0.763. The van der Waals surface area contributed by atoms with E-state index in [2.05, 4.69) is 0 Å². The van der Waals surface area contributed by atoms with Crippen LogP contribution >= 0.6 is 0 Å². The second kappa shape index (κ2) is 7.45. The van der Waals surface area contributed by atoms with Gasteiger partial charge in [0, 0.05) is 17.7 Å². The van der Waals surface area contributed by atoms with E-state index in [0.29, 0.717) is 17.0 Å². The molecule has 2 aromatic carbocycles. The fraction of sp³-hybridized carbons (Fsp3) is 0.222. The number of benzene rings is 2. The third-order valence-corrected chi connectivity index (χ3v) is 3.05. The van der Waals surface area contributed by atoms with Crippen molar-refractivity contribution in [2.75, 3.05) is 5.73 Å². The van der Waals surface area contributed by atoms with Gasteiger partial charge in [-0.1, -0.05) is 12.1 Å². The Hall–Kier alpha value is -2.82. The van der Waals surface area contributed by atoms with E-state index < -0.39 is 6.16 Å². The van der Waals surface area contributed by atoms with Crippen LogP contribution in [0.1, 0.15) is 29.8 Å². The number of hydrogen-bond acceptors (Lipinski definition) is 5. The van der Waals surface area contributed by atoms with Crippen molar-refractivity contribution in [1.82, 2.24) is 0 Å². The lowest BCUT2D eigenvalue weighted by molar-refractivity contribution is 0.0729. The summed E-state index contributed by atoms with van der Waals surface area (Å²) >= 11 is 0. The SMILES string of the molecule is CC(C)OC(=O)Oc1ccc(C(=O)Cc2ccc(N)cc2)cc1. The van der Waals surface area contributed by atoms with E-state index in [1.165, 1.54) is 0 Å². The topological polar surface area (TPSA) is 78.6 Å². The van der Waals surface area contributed by atoms with Crippen molar-refractivity contribution in [3.63, 3.8) is 0 Å². The van der Waals surface area contributed by atoms with Crippen LogP contribution in [0.4, 0.5) is 10.5 Å². The van der Waals surface area contributed by atoms with E-state index in [1.54, 1.807) is 50.2 Å². The molecule has 0 aliphatic rings. The highest BCUT2D eigenvalue weighted by molar-refractivity contribution is 5.97. The van der Waals surface area contributed by atoms with Crippen LogP contribution in [0.2, 0.25) is 0 Å². The van der Waals surface area contributed by atoms with Gasteiger partial charge in [-0.25, -0.2) is 4.79 Å². The molecule has 0 spiro atoms. The summed E-state index contributed by atoms with van der Waals surface area (Å²) in [6.45, 7) is 3.47. The minimum absolute atomic E-state index is 0.0221. The Morgan fingerprint density at radius 2 is 1.61 bits per heavy atom. The van der Waals surface area contributed by atoms with Crippen LogP contribution in [-0.2, 0) is 11.2 Å². The molecule has 0 amide bonds. The monoisotopic (exact) mass is 313 g/mol. The maximum Gasteiger partial charge on any atom is 0.514 e. The van der Waals surface area contributed by atoms with Crippen molar-refractivity contribution in [2.45, 2.75) is 26.4 Å². The molecule has 2 N–H and O–H groups in total. The summed E-state index contributed by atoms with van der Waals surface area (Å²) in [6, 6.07) is 13.6. The Morgan fingerprint density at radius 1 is 1.00 bits per heavy atom. The molecular formula is C18H19NO4. The molecule has 0 atom stereocenters. The molecular weight excluding hydrogens is 294 g/mol. The summed E-state index contributed by atoms with van der Waals surface area (Å²) in [7, 11) is 0. The van der Waals surface area contributed by atoms with Gasteiger partial charge in [0.1, 0.15) is 5.75 Å². The molecule has 0 radical (unpaired) electrons. The average Bonchev–Trinajstić information content (AvgIpc) is 2.49. The van der Waals surface area contributed by atoms with Crippen LogP contribution < -0.4 is 10.5 Å². The van der Waals surface area contributed by atoms with E-state index in [0.717, 1.165) is 5.56 Å². The normalized spacial score (nSPS) is 10.4. The van der Waals surface area contributed by atoms with Crippen molar-refractivity contribution < 1.29 is 19.1 Å². The van der Waals surface area contributed by atoms with Crippen LogP contribution in [0.5, 0.6) is 5.75 Å². The average molecular weight is 313 g/mol. The molecule has 0 saturated carbocycles. The number of ketones is 1. The van der Waals surface area contributed by atoms with Crippen LogP contribution in [0.3, 0.4) is 0 Å². The molecule has 0 heterocycles. The molecule has 23 heavy (non-hydrogen) atoms. The third-order valence-electron chi connectivity index (χ3n) is 3.05. The first-order chi connectivity index (χ1) is 10.9. The first-order valence-electron chi connectivity index (χ1n) is 7.30. The van der Waals surface area contributed by atoms with Gasteiger partial charge >= 0.3 is 6.16 Å². The van der Waals surface area contributed by atoms with Gasteiger partial charge in [-0.15, -0.1) is 0 Å². The highest BCUT2D eigenvalue weighted by Crippen LogP contribution is 2.15. The molecule has 0 aliphatic heterocycles. The van der Waals surface area contributed by atoms with E-state index in [1.807, 2.05) is 12.1 Å². The number of hydrogen-bond donors (Lipinski definition) is 1. The summed E-state index contributed by atoms with van der Waals surface area (Å²) in [5.41, 5.74) is 7.72. The molecule has 2 aromatic rings. The van der Waals surface area contributed by atoms with E-state index in [4.69, 9.17) is 15.2 Å². The molecule has 0 fully saturated rings. The summed E-state index contributed by atoms with van der Waals surface area (Å²) in [6.07, 6.45) is -0.722. The van der Waals surface area contributed by atoms with Crippen molar-refractivity contribution in [3.05, 3.63) is 59.7 Å². The Balaban J connectivity index is 1.97. The second-order valence-electron chi connectivity index (χ2n) is 5.38. The Kier molecular flexibility index (Phi) is 5.36. The Morgan fingerprint density at radius 3 is 2.17 bits per heavy atom. The standard InChI is InChI=1S/C18H19NO4/c1-12(2)22-18(21)23-16-9-5-14(6-10-16)17(20)11-13-3-7-15(19)8-4-13/h3-10,12H,11,19H2,1-2H3. The zero-order valence-corrected chi connectivity index (χ0v) is 13.1. The lowest BCUT2D eigenvalue weighted by Crippen LogP contribution is -2.15. The Labute approximate surface area is 135 Å². The molecule has 120 valence electrons. The fourth-order valence-corrected chi connectivity index (χ4v) is 1.94. The van der Waals surface area contributed by atoms with Gasteiger partial charge in [-0.05, 0) is 55.8 Å². The number of Topliss-reactive ketones (excluding diaryl/α,β-unsaturated/α-hetero) is 1. The summed E-state index contributed by atoms with van der Waals surface area (Å²) in [5.74, 6) is 0.311. The molecule has 0 bridgehead atoms. The van der Waals surface area contributed by atoms with Crippen LogP contribution in [0.25, 0.3) is 0 Å². The molecule has 0 unspecified atom stereocenters. The lowest BCUT2D eigenvalue weighted by Gasteiger charge is -2.08. The van der Waals surface area contributed by atoms with Gasteiger partial charge in [0.2, 0.25) is 0 Å². The maximum atomic E-state index is 12.2. The van der Waals surface area contributed by atoms with Gasteiger partial charge in [0.05, 0.1) is 6.10 Å². The zero-order chi connectivity index (χ0) is 16.8. The predicted octanol–water partition coefficient (Wildman–Crippen LogP) is 3.62. The van der Waals surface area contributed by atoms with Gasteiger partial charge in [-0.3, -0.25) is 4.79 Å². The molecule has 0 aromatic heterocycles. The van der Waals surface area contributed by atoms with E-state index in [9.17, 15) is 9.59 Å². The van der Waals surface area contributed by atoms with Crippen LogP contribution in [0.15, 0.2) is 48.5 Å². The Bertz CT molecular complexity index is 675. The number of ether oxygens (including phenoxy) is 2. The largest absolute Gasteiger partial charge is 0.514 e. The number of rotatable bonds is 5. The summed E-state index contributed by atoms with van der Waals surface area (Å²) in [4.78, 5) is 23.6. The highest BCUT2D eigenvalue weighted by Gasteiger charge is 2.10. The summed E-state index contributed by atoms with van der Waals surface area (Å²) in [5, 5.41) is 0. The lowest BCUT2D eigenvalue weighted by atomic mass is 10.0. The van der Waals surface area contributed by atoms with Crippen molar-refractivity contribution in [3.8, 4) is 5.75 Å². The van der Waals surface area contributed by atoms with Gasteiger partial charge in [0.25, 0.3) is 0 Å². The quantitative estimate of drug-likeness (QED) is 0.395. The van der Waals surface area contributed by atoms with E-state index in [-0.39, 0.29) is 18.3 Å². The van der Waals surface area contributed by atoms with Gasteiger partial charge < -0.3 is 15.2 Å². The molecule has 5 heteroatoms. The number of carbonyl (C=O) groups excluding carboxylic acids is 2. The molecule has 5 nitrogen and oxygen atoms in total. The number of carbonyl (C=O) groups is 2. The number of nitrogen functional groups attached to an aromatic ring is 1. The maximum absolute atomic E-state index is 12.2. The molecule has 0 saturated heterocycles. The number of anilines is 1. The van der Waals surface area contributed by atoms with Crippen molar-refractivity contribution >= 4 is 17.6 Å². The van der Waals surface area contributed by atoms with E-state index >= 15 is 0 Å². The molecule has 0 aliphatic carbocycles. The van der Waals surface area contributed by atoms with Crippen LogP contribution in [0, 0.1) is 0 Å². The first-order valence-corrected chi connectivity index (χ1v) is 7.30. The van der Waals surface area contributed by atoms with Crippen molar-refractivity contribution in [2.24, 2.45) is 0 Å². The summed E-state index contributed by atoms with van der Waals surface area (Å²) < 4.78 is 9.89. The fourth-order valence-electron chi connectivity index (χ4n) is 1.94. The van der Waals surface area contributed by atoms with Crippen molar-refractivity contribution in [1.29, 1.82) is 0 Å². The first kappa shape index (κ1) is 16.5. The van der Waals surface area contributed by atoms with Crippen LogP contribution in [-0.4, -0.2) is 18.0 Å². The smallest absolute Gasteiger partial charge is 0.431 e. The zero-order valence-electron chi connectivity index (χ0n) is 13.1.